The summed E-state index contributed by atoms with van der Waals surface area (Å²) < 4.78 is 0. The van der Waals surface area contributed by atoms with Gasteiger partial charge in [-0.3, -0.25) is 4.79 Å². The largest absolute Gasteiger partial charge is 0.478 e. The van der Waals surface area contributed by atoms with Crippen LogP contribution in [0.1, 0.15) is 20.7 Å². The van der Waals surface area contributed by atoms with Crippen molar-refractivity contribution in [2.45, 2.75) is 0 Å². The quantitative estimate of drug-likeness (QED) is 0.412. The number of fused-ring (bicyclic) bond motifs is 2. The van der Waals surface area contributed by atoms with Crippen LogP contribution in [-0.2, 0) is 0 Å². The molecular weight excluding hydrogens is 382 g/mol. The number of amides is 1. The number of rotatable bonds is 5. The maximum atomic E-state index is 13.1. The molecule has 0 aliphatic heterocycles. The predicted molar refractivity (Wildman–Crippen MR) is 120 cm³/mol. The summed E-state index contributed by atoms with van der Waals surface area (Å²) in [6.07, 6.45) is 0. The normalized spacial score (nSPS) is 10.9. The average Bonchev–Trinajstić information content (AvgIpc) is 2.75. The minimum Gasteiger partial charge on any atom is -0.478 e. The van der Waals surface area contributed by atoms with Gasteiger partial charge in [-0.2, -0.15) is 12.6 Å². The predicted octanol–water partition coefficient (Wildman–Crippen LogP) is 5.02. The third-order valence-electron chi connectivity index (χ3n) is 4.96. The van der Waals surface area contributed by atoms with E-state index in [1.807, 2.05) is 66.7 Å². The molecule has 0 aromatic heterocycles. The molecule has 4 rings (SSSR count). The fourth-order valence-corrected chi connectivity index (χ4v) is 3.84. The number of carbonyl (C=O) groups excluding carboxylic acids is 1. The smallest absolute Gasteiger partial charge is 0.336 e. The van der Waals surface area contributed by atoms with Crippen molar-refractivity contribution in [3.05, 3.63) is 83.9 Å². The zero-order chi connectivity index (χ0) is 20.4. The van der Waals surface area contributed by atoms with Crippen LogP contribution in [0.2, 0.25) is 0 Å². The zero-order valence-electron chi connectivity index (χ0n) is 15.6. The van der Waals surface area contributed by atoms with E-state index in [1.165, 1.54) is 0 Å². The van der Waals surface area contributed by atoms with Gasteiger partial charge in [-0.25, -0.2) is 4.79 Å². The zero-order valence-corrected chi connectivity index (χ0v) is 16.4. The second kappa shape index (κ2) is 7.97. The van der Waals surface area contributed by atoms with E-state index in [0.29, 0.717) is 17.9 Å². The second-order valence-corrected chi connectivity index (χ2v) is 7.15. The standard InChI is InChI=1S/C24H19NO3S/c26-23(25-12-13-29)22-20(24(27)28)14-16-7-2-4-10-18(16)21(22)19-11-5-8-15-6-1-3-9-17(15)19/h1-11,14,29H,12-13H2,(H,25,26)(H,27,28). The SMILES string of the molecule is O=C(O)c1cc2ccccc2c(-c2cccc3ccccc23)c1C(=O)NCCS. The molecule has 0 fully saturated rings. The average molecular weight is 401 g/mol. The van der Waals surface area contributed by atoms with E-state index in [2.05, 4.69) is 17.9 Å². The summed E-state index contributed by atoms with van der Waals surface area (Å²) in [6, 6.07) is 22.9. The first-order chi connectivity index (χ1) is 14.1. The highest BCUT2D eigenvalue weighted by atomic mass is 32.1. The molecule has 1 amide bonds. The van der Waals surface area contributed by atoms with Gasteiger partial charge >= 0.3 is 5.97 Å². The van der Waals surface area contributed by atoms with E-state index in [0.717, 1.165) is 27.1 Å². The van der Waals surface area contributed by atoms with Crippen molar-refractivity contribution in [2.75, 3.05) is 12.3 Å². The molecule has 0 atom stereocenters. The van der Waals surface area contributed by atoms with Crippen molar-refractivity contribution < 1.29 is 14.7 Å². The molecule has 0 spiro atoms. The van der Waals surface area contributed by atoms with Gasteiger partial charge in [0.15, 0.2) is 0 Å². The summed E-state index contributed by atoms with van der Waals surface area (Å²) in [7, 11) is 0. The van der Waals surface area contributed by atoms with E-state index >= 15 is 0 Å². The molecule has 0 heterocycles. The van der Waals surface area contributed by atoms with Crippen LogP contribution in [0, 0.1) is 0 Å². The van der Waals surface area contributed by atoms with Crippen LogP contribution in [-0.4, -0.2) is 29.3 Å². The lowest BCUT2D eigenvalue weighted by Crippen LogP contribution is -2.28. The van der Waals surface area contributed by atoms with Crippen LogP contribution >= 0.6 is 12.6 Å². The van der Waals surface area contributed by atoms with Gasteiger partial charge in [0.25, 0.3) is 5.91 Å². The summed E-state index contributed by atoms with van der Waals surface area (Å²) in [5.41, 5.74) is 1.63. The van der Waals surface area contributed by atoms with Crippen LogP contribution in [0.4, 0.5) is 0 Å². The Balaban J connectivity index is 2.15. The van der Waals surface area contributed by atoms with E-state index in [-0.39, 0.29) is 11.1 Å². The first-order valence-corrected chi connectivity index (χ1v) is 9.91. The minimum atomic E-state index is -1.13. The van der Waals surface area contributed by atoms with Crippen molar-refractivity contribution >= 4 is 46.1 Å². The van der Waals surface area contributed by atoms with Gasteiger partial charge in [0.2, 0.25) is 0 Å². The summed E-state index contributed by atoms with van der Waals surface area (Å²) >= 11 is 4.15. The number of carboxylic acids is 1. The van der Waals surface area contributed by atoms with Gasteiger partial charge in [-0.15, -0.1) is 0 Å². The Bertz CT molecular complexity index is 1240. The van der Waals surface area contributed by atoms with Crippen molar-refractivity contribution in [1.29, 1.82) is 0 Å². The lowest BCUT2D eigenvalue weighted by molar-refractivity contribution is 0.0691. The number of nitrogens with one attached hydrogen (secondary N) is 1. The van der Waals surface area contributed by atoms with Crippen molar-refractivity contribution in [2.24, 2.45) is 0 Å². The van der Waals surface area contributed by atoms with Crippen LogP contribution in [0.3, 0.4) is 0 Å². The van der Waals surface area contributed by atoms with Crippen LogP contribution in [0.25, 0.3) is 32.7 Å². The minimum absolute atomic E-state index is 0.0108. The maximum Gasteiger partial charge on any atom is 0.336 e. The number of benzene rings is 4. The number of carbonyl (C=O) groups is 2. The van der Waals surface area contributed by atoms with Crippen LogP contribution in [0.15, 0.2) is 72.8 Å². The Labute approximate surface area is 173 Å². The van der Waals surface area contributed by atoms with Crippen LogP contribution < -0.4 is 5.32 Å². The highest BCUT2D eigenvalue weighted by Gasteiger charge is 2.25. The molecule has 0 saturated heterocycles. The fourth-order valence-electron chi connectivity index (χ4n) is 3.73. The monoisotopic (exact) mass is 401 g/mol. The van der Waals surface area contributed by atoms with Crippen LogP contribution in [0.5, 0.6) is 0 Å². The van der Waals surface area contributed by atoms with Crippen molar-refractivity contribution in [3.63, 3.8) is 0 Å². The third-order valence-corrected chi connectivity index (χ3v) is 5.19. The van der Waals surface area contributed by atoms with E-state index < -0.39 is 11.9 Å². The van der Waals surface area contributed by atoms with Gasteiger partial charge < -0.3 is 10.4 Å². The Kier molecular flexibility index (Phi) is 5.23. The lowest BCUT2D eigenvalue weighted by atomic mass is 9.87. The summed E-state index contributed by atoms with van der Waals surface area (Å²) in [6.45, 7) is 0.350. The Morgan fingerprint density at radius 2 is 1.52 bits per heavy atom. The number of carboxylic acid groups (broad SMARTS) is 1. The highest BCUT2D eigenvalue weighted by molar-refractivity contribution is 7.80. The lowest BCUT2D eigenvalue weighted by Gasteiger charge is -2.18. The molecule has 5 heteroatoms. The summed E-state index contributed by atoms with van der Waals surface area (Å²) in [5, 5.41) is 16.3. The number of hydrogen-bond donors (Lipinski definition) is 3. The maximum absolute atomic E-state index is 13.1. The molecule has 4 nitrogen and oxygen atoms in total. The van der Waals surface area contributed by atoms with Gasteiger partial charge in [0.05, 0.1) is 11.1 Å². The molecule has 0 radical (unpaired) electrons. The molecule has 0 aliphatic carbocycles. The van der Waals surface area contributed by atoms with E-state index in [9.17, 15) is 14.7 Å². The Morgan fingerprint density at radius 1 is 0.862 bits per heavy atom. The van der Waals surface area contributed by atoms with Gasteiger partial charge in [-0.1, -0.05) is 66.7 Å². The molecule has 0 bridgehead atoms. The summed E-state index contributed by atoms with van der Waals surface area (Å²) in [5.74, 6) is -1.08. The Hall–Kier alpha value is -3.31. The van der Waals surface area contributed by atoms with Crippen molar-refractivity contribution in [1.82, 2.24) is 5.32 Å². The van der Waals surface area contributed by atoms with E-state index in [1.54, 1.807) is 6.07 Å². The molecule has 0 aliphatic rings. The molecule has 4 aromatic carbocycles. The molecule has 2 N–H and O–H groups in total. The summed E-state index contributed by atoms with van der Waals surface area (Å²) in [4.78, 5) is 25.2. The Morgan fingerprint density at radius 3 is 2.24 bits per heavy atom. The number of hydrogen-bond acceptors (Lipinski definition) is 3. The van der Waals surface area contributed by atoms with Gasteiger partial charge in [-0.05, 0) is 33.2 Å². The molecule has 0 unspecified atom stereocenters. The number of thiol groups is 1. The second-order valence-electron chi connectivity index (χ2n) is 6.71. The highest BCUT2D eigenvalue weighted by Crippen LogP contribution is 2.38. The molecule has 0 saturated carbocycles. The first kappa shape index (κ1) is 19.0. The van der Waals surface area contributed by atoms with E-state index in [4.69, 9.17) is 0 Å². The van der Waals surface area contributed by atoms with Gasteiger partial charge in [0, 0.05) is 17.9 Å². The fraction of sp³-hybridized carbons (Fsp3) is 0.0833. The molecular formula is C24H19NO3S. The molecule has 4 aromatic rings. The number of aromatic carboxylic acids is 1. The third kappa shape index (κ3) is 3.45. The first-order valence-electron chi connectivity index (χ1n) is 9.28. The molecule has 144 valence electrons. The topological polar surface area (TPSA) is 66.4 Å². The van der Waals surface area contributed by atoms with Crippen molar-refractivity contribution in [3.8, 4) is 11.1 Å². The van der Waals surface area contributed by atoms with Gasteiger partial charge in [0.1, 0.15) is 0 Å². The molecule has 29 heavy (non-hydrogen) atoms.